The number of likely N-dealkylation sites (N-methyl/N-ethyl adjacent to an activating group) is 1. The normalized spacial score (nSPS) is 10.9. The number of hydrogen-bond acceptors (Lipinski definition) is 5. The van der Waals surface area contributed by atoms with Gasteiger partial charge in [-0.3, -0.25) is 4.79 Å². The second-order valence-corrected chi connectivity index (χ2v) is 8.15. The third-order valence-corrected chi connectivity index (χ3v) is 6.08. The Morgan fingerprint density at radius 2 is 1.83 bits per heavy atom. The van der Waals surface area contributed by atoms with Gasteiger partial charge in [-0.25, -0.2) is 4.98 Å². The van der Waals surface area contributed by atoms with E-state index in [1.165, 1.54) is 4.70 Å². The molecule has 0 bridgehead atoms. The van der Waals surface area contributed by atoms with Crippen LogP contribution in [0.4, 0.5) is 0 Å². The lowest BCUT2D eigenvalue weighted by atomic mass is 10.1. The Bertz CT molecular complexity index is 921. The molecule has 3 aromatic rings. The summed E-state index contributed by atoms with van der Waals surface area (Å²) in [4.78, 5) is 18.9. The first kappa shape index (κ1) is 21.1. The SMILES string of the molecule is COc1ccc(CCN(C)C(=O)CCCCc2nc3ccccc3s2)cc1OC. The topological polar surface area (TPSA) is 51.7 Å². The van der Waals surface area contributed by atoms with Crippen LogP contribution in [-0.2, 0) is 17.6 Å². The highest BCUT2D eigenvalue weighted by Gasteiger charge is 2.11. The Hall–Kier alpha value is -2.60. The molecule has 6 heteroatoms. The number of carbonyl (C=O) groups excluding carboxylic acids is 1. The van der Waals surface area contributed by atoms with E-state index in [0.717, 1.165) is 41.8 Å². The molecule has 3 rings (SSSR count). The minimum atomic E-state index is 0.190. The smallest absolute Gasteiger partial charge is 0.222 e. The van der Waals surface area contributed by atoms with Crippen LogP contribution in [0.1, 0.15) is 29.8 Å². The monoisotopic (exact) mass is 412 g/mol. The molecule has 0 radical (unpaired) electrons. The minimum absolute atomic E-state index is 0.190. The summed E-state index contributed by atoms with van der Waals surface area (Å²) in [7, 11) is 5.13. The Morgan fingerprint density at radius 3 is 2.59 bits per heavy atom. The average molecular weight is 413 g/mol. The molecule has 0 aliphatic carbocycles. The molecule has 0 saturated carbocycles. The van der Waals surface area contributed by atoms with Gasteiger partial charge in [-0.2, -0.15) is 0 Å². The van der Waals surface area contributed by atoms with Crippen molar-refractivity contribution in [3.05, 3.63) is 53.0 Å². The van der Waals surface area contributed by atoms with Crippen LogP contribution in [0.5, 0.6) is 11.5 Å². The standard InChI is InChI=1S/C23H28N2O3S/c1-25(15-14-17-12-13-19(27-2)20(16-17)28-3)23(26)11-7-6-10-22-24-18-8-4-5-9-21(18)29-22/h4-5,8-9,12-13,16H,6-7,10-11,14-15H2,1-3H3. The molecule has 0 aliphatic rings. The van der Waals surface area contributed by atoms with E-state index in [1.807, 2.05) is 48.3 Å². The van der Waals surface area contributed by atoms with Gasteiger partial charge < -0.3 is 14.4 Å². The number of hydrogen-bond donors (Lipinski definition) is 0. The zero-order valence-corrected chi connectivity index (χ0v) is 18.1. The maximum atomic E-state index is 12.4. The van der Waals surface area contributed by atoms with E-state index in [2.05, 4.69) is 11.1 Å². The number of para-hydroxylation sites is 1. The first-order valence-corrected chi connectivity index (χ1v) is 10.7. The van der Waals surface area contributed by atoms with Gasteiger partial charge in [-0.05, 0) is 55.5 Å². The van der Waals surface area contributed by atoms with Crippen molar-refractivity contribution in [2.24, 2.45) is 0 Å². The van der Waals surface area contributed by atoms with E-state index < -0.39 is 0 Å². The van der Waals surface area contributed by atoms with Crippen molar-refractivity contribution in [3.8, 4) is 11.5 Å². The van der Waals surface area contributed by atoms with Crippen molar-refractivity contribution in [1.29, 1.82) is 0 Å². The lowest BCUT2D eigenvalue weighted by Crippen LogP contribution is -2.28. The summed E-state index contributed by atoms with van der Waals surface area (Å²) in [6.45, 7) is 0.687. The fraction of sp³-hybridized carbons (Fsp3) is 0.391. The number of aromatic nitrogens is 1. The van der Waals surface area contributed by atoms with Gasteiger partial charge in [0, 0.05) is 20.0 Å². The molecular formula is C23H28N2O3S. The van der Waals surface area contributed by atoms with Crippen LogP contribution < -0.4 is 9.47 Å². The van der Waals surface area contributed by atoms with Gasteiger partial charge in [0.25, 0.3) is 0 Å². The fourth-order valence-corrected chi connectivity index (χ4v) is 4.24. The molecule has 1 aromatic heterocycles. The van der Waals surface area contributed by atoms with Crippen molar-refractivity contribution < 1.29 is 14.3 Å². The average Bonchev–Trinajstić information content (AvgIpc) is 3.17. The third-order valence-electron chi connectivity index (χ3n) is 4.98. The van der Waals surface area contributed by atoms with Crippen LogP contribution >= 0.6 is 11.3 Å². The molecule has 0 fully saturated rings. The van der Waals surface area contributed by atoms with Gasteiger partial charge in [0.2, 0.25) is 5.91 Å². The molecule has 0 aliphatic heterocycles. The van der Waals surface area contributed by atoms with Gasteiger partial charge in [0.1, 0.15) is 0 Å². The summed E-state index contributed by atoms with van der Waals surface area (Å²) in [6, 6.07) is 14.1. The largest absolute Gasteiger partial charge is 0.493 e. The predicted octanol–water partition coefficient (Wildman–Crippen LogP) is 4.73. The Labute approximate surface area is 176 Å². The van der Waals surface area contributed by atoms with Crippen LogP contribution in [0.15, 0.2) is 42.5 Å². The van der Waals surface area contributed by atoms with E-state index in [1.54, 1.807) is 25.6 Å². The van der Waals surface area contributed by atoms with Gasteiger partial charge >= 0.3 is 0 Å². The van der Waals surface area contributed by atoms with Crippen molar-refractivity contribution in [1.82, 2.24) is 9.88 Å². The summed E-state index contributed by atoms with van der Waals surface area (Å²) in [6.07, 6.45) is 4.16. The number of nitrogens with zero attached hydrogens (tertiary/aromatic N) is 2. The molecule has 1 amide bonds. The van der Waals surface area contributed by atoms with Crippen molar-refractivity contribution >= 4 is 27.5 Å². The Kier molecular flexibility index (Phi) is 7.47. The quantitative estimate of drug-likeness (QED) is 0.452. The van der Waals surface area contributed by atoms with Crippen molar-refractivity contribution in [2.45, 2.75) is 32.1 Å². The number of ether oxygens (including phenoxy) is 2. The molecule has 2 aromatic carbocycles. The van der Waals surface area contributed by atoms with E-state index in [-0.39, 0.29) is 5.91 Å². The summed E-state index contributed by atoms with van der Waals surface area (Å²) >= 11 is 1.75. The number of methoxy groups -OCH3 is 2. The zero-order valence-electron chi connectivity index (χ0n) is 17.3. The van der Waals surface area contributed by atoms with Gasteiger partial charge in [0.15, 0.2) is 11.5 Å². The van der Waals surface area contributed by atoms with Crippen LogP contribution in [0, 0.1) is 0 Å². The minimum Gasteiger partial charge on any atom is -0.493 e. The molecule has 0 N–H and O–H groups in total. The van der Waals surface area contributed by atoms with E-state index >= 15 is 0 Å². The highest BCUT2D eigenvalue weighted by atomic mass is 32.1. The van der Waals surface area contributed by atoms with Gasteiger partial charge in [0.05, 0.1) is 29.4 Å². The number of fused-ring (bicyclic) bond motifs is 1. The van der Waals surface area contributed by atoms with E-state index in [9.17, 15) is 4.79 Å². The number of unbranched alkanes of at least 4 members (excludes halogenated alkanes) is 1. The molecule has 29 heavy (non-hydrogen) atoms. The van der Waals surface area contributed by atoms with E-state index in [0.29, 0.717) is 24.5 Å². The molecule has 0 unspecified atom stereocenters. The summed E-state index contributed by atoms with van der Waals surface area (Å²) in [5, 5.41) is 1.15. The van der Waals surface area contributed by atoms with Crippen LogP contribution in [0.2, 0.25) is 0 Å². The summed E-state index contributed by atoms with van der Waals surface area (Å²) < 4.78 is 11.8. The van der Waals surface area contributed by atoms with Crippen LogP contribution in [0.3, 0.4) is 0 Å². The van der Waals surface area contributed by atoms with Gasteiger partial charge in [-0.1, -0.05) is 18.2 Å². The molecule has 1 heterocycles. The number of benzene rings is 2. The van der Waals surface area contributed by atoms with E-state index in [4.69, 9.17) is 9.47 Å². The fourth-order valence-electron chi connectivity index (χ4n) is 3.23. The maximum absolute atomic E-state index is 12.4. The first-order valence-electron chi connectivity index (χ1n) is 9.90. The third kappa shape index (κ3) is 5.70. The summed E-state index contributed by atoms with van der Waals surface area (Å²) in [5.41, 5.74) is 2.19. The zero-order chi connectivity index (χ0) is 20.6. The lowest BCUT2D eigenvalue weighted by Gasteiger charge is -2.17. The molecule has 154 valence electrons. The lowest BCUT2D eigenvalue weighted by molar-refractivity contribution is -0.130. The van der Waals surface area contributed by atoms with Crippen molar-refractivity contribution in [2.75, 3.05) is 27.8 Å². The summed E-state index contributed by atoms with van der Waals surface area (Å²) in [5.74, 6) is 1.62. The Balaban J connectivity index is 1.40. The van der Waals surface area contributed by atoms with Crippen LogP contribution in [0.25, 0.3) is 10.2 Å². The predicted molar refractivity (Wildman–Crippen MR) is 118 cm³/mol. The number of thiazole rings is 1. The van der Waals surface area contributed by atoms with Crippen LogP contribution in [-0.4, -0.2) is 43.6 Å². The highest BCUT2D eigenvalue weighted by Crippen LogP contribution is 2.27. The second kappa shape index (κ2) is 10.3. The van der Waals surface area contributed by atoms with Crippen molar-refractivity contribution in [3.63, 3.8) is 0 Å². The number of rotatable bonds is 10. The van der Waals surface area contributed by atoms with Gasteiger partial charge in [-0.15, -0.1) is 11.3 Å². The second-order valence-electron chi connectivity index (χ2n) is 7.04. The number of aryl methyl sites for hydroxylation is 1. The highest BCUT2D eigenvalue weighted by molar-refractivity contribution is 7.18. The first-order chi connectivity index (χ1) is 14.1. The molecule has 5 nitrogen and oxygen atoms in total. The molecule has 0 spiro atoms. The molecule has 0 saturated heterocycles. The molecular weight excluding hydrogens is 384 g/mol. The number of amides is 1. The maximum Gasteiger partial charge on any atom is 0.222 e. The number of carbonyl (C=O) groups is 1. The Morgan fingerprint density at radius 1 is 1.03 bits per heavy atom. The molecule has 0 atom stereocenters.